The lowest BCUT2D eigenvalue weighted by Gasteiger charge is -2.17. The Morgan fingerprint density at radius 2 is 1.97 bits per heavy atom. The minimum absolute atomic E-state index is 0.236. The second-order valence-electron chi connectivity index (χ2n) is 6.09. The van der Waals surface area contributed by atoms with Gasteiger partial charge >= 0.3 is 5.97 Å². The summed E-state index contributed by atoms with van der Waals surface area (Å²) in [4.78, 5) is 25.9. The quantitative estimate of drug-likeness (QED) is 0.520. The third-order valence-electron chi connectivity index (χ3n) is 4.09. The molecule has 2 aromatic rings. The molecule has 1 N–H and O–H groups in total. The first-order valence-electron chi connectivity index (χ1n) is 8.86. The highest BCUT2D eigenvalue weighted by Crippen LogP contribution is 2.40. The first-order chi connectivity index (χ1) is 13.9. The molecule has 1 aliphatic rings. The number of aliphatic carboxylic acids is 1. The fraction of sp³-hybridized carbons (Fsp3) is 0.190. The summed E-state index contributed by atoms with van der Waals surface area (Å²) in [5.41, 5.74) is 2.22. The summed E-state index contributed by atoms with van der Waals surface area (Å²) in [6.45, 7) is 3.61. The van der Waals surface area contributed by atoms with E-state index in [0.717, 1.165) is 11.3 Å². The van der Waals surface area contributed by atoms with Crippen LogP contribution in [0, 0.1) is 6.92 Å². The molecule has 0 spiro atoms. The average Bonchev–Trinajstić information content (AvgIpc) is 2.95. The number of rotatable bonds is 7. The third-order valence-corrected chi connectivity index (χ3v) is 5.39. The molecule has 6 nitrogen and oxygen atoms in total. The molecule has 3 rings (SSSR count). The maximum absolute atomic E-state index is 13.0. The maximum atomic E-state index is 13.0. The van der Waals surface area contributed by atoms with Gasteiger partial charge in [0.05, 0.1) is 17.2 Å². The van der Waals surface area contributed by atoms with Gasteiger partial charge in [-0.15, -0.1) is 0 Å². The minimum Gasteiger partial charge on any atom is -0.490 e. The summed E-state index contributed by atoms with van der Waals surface area (Å²) < 4.78 is 11.4. The minimum atomic E-state index is -1.10. The van der Waals surface area contributed by atoms with E-state index in [1.54, 1.807) is 24.3 Å². The van der Waals surface area contributed by atoms with Gasteiger partial charge in [-0.2, -0.15) is 0 Å². The fourth-order valence-electron chi connectivity index (χ4n) is 2.83. The summed E-state index contributed by atoms with van der Waals surface area (Å²) in [6, 6.07) is 12.7. The standard InChI is InChI=1S/C21H19NO5S2/c1-3-26-16-10-6-8-14(19(16)27-12-18(23)24)11-17-20(25)22(21(28)29-17)15-9-5-4-7-13(15)2/h4-11H,3,12H2,1-2H3,(H,23,24)/b17-11-. The van der Waals surface area contributed by atoms with Crippen LogP contribution >= 0.6 is 24.0 Å². The van der Waals surface area contributed by atoms with E-state index in [4.69, 9.17) is 26.8 Å². The second kappa shape index (κ2) is 9.11. The molecule has 1 heterocycles. The first-order valence-corrected chi connectivity index (χ1v) is 10.1. The monoisotopic (exact) mass is 429 g/mol. The molecule has 0 unspecified atom stereocenters. The lowest BCUT2D eigenvalue weighted by Crippen LogP contribution is -2.28. The SMILES string of the molecule is CCOc1cccc(/C=C2\SC(=S)N(c3ccccc3C)C2=O)c1OCC(=O)O. The van der Waals surface area contributed by atoms with Gasteiger partial charge in [-0.25, -0.2) is 4.79 Å². The number of hydrogen-bond donors (Lipinski definition) is 1. The molecule has 0 atom stereocenters. The van der Waals surface area contributed by atoms with Crippen LogP contribution in [0.3, 0.4) is 0 Å². The number of thiocarbonyl (C=S) groups is 1. The molecule has 150 valence electrons. The van der Waals surface area contributed by atoms with Crippen LogP contribution in [-0.2, 0) is 9.59 Å². The molecule has 0 radical (unpaired) electrons. The molecule has 1 saturated heterocycles. The molecule has 0 aromatic heterocycles. The van der Waals surface area contributed by atoms with Gasteiger partial charge < -0.3 is 14.6 Å². The smallest absolute Gasteiger partial charge is 0.341 e. The van der Waals surface area contributed by atoms with Gasteiger partial charge in [0.15, 0.2) is 22.4 Å². The summed E-state index contributed by atoms with van der Waals surface area (Å²) in [5.74, 6) is -0.650. The van der Waals surface area contributed by atoms with Crippen molar-refractivity contribution in [2.75, 3.05) is 18.1 Å². The van der Waals surface area contributed by atoms with E-state index in [-0.39, 0.29) is 11.7 Å². The zero-order valence-corrected chi connectivity index (χ0v) is 17.5. The molecule has 0 aliphatic carbocycles. The summed E-state index contributed by atoms with van der Waals surface area (Å²) in [5, 5.41) is 8.97. The van der Waals surface area contributed by atoms with Gasteiger partial charge in [-0.1, -0.05) is 54.3 Å². The van der Waals surface area contributed by atoms with Crippen molar-refractivity contribution >= 4 is 51.9 Å². The van der Waals surface area contributed by atoms with Crippen molar-refractivity contribution in [3.63, 3.8) is 0 Å². The Labute approximate surface area is 178 Å². The molecule has 1 amide bonds. The van der Waals surface area contributed by atoms with E-state index < -0.39 is 12.6 Å². The number of hydrogen-bond acceptors (Lipinski definition) is 6. The fourth-order valence-corrected chi connectivity index (χ4v) is 4.11. The first kappa shape index (κ1) is 20.9. The number of benzene rings is 2. The molecular weight excluding hydrogens is 410 g/mol. The van der Waals surface area contributed by atoms with Crippen molar-refractivity contribution in [3.8, 4) is 11.5 Å². The zero-order valence-electron chi connectivity index (χ0n) is 15.9. The number of amides is 1. The average molecular weight is 430 g/mol. The molecule has 0 saturated carbocycles. The number of para-hydroxylation sites is 2. The maximum Gasteiger partial charge on any atom is 0.341 e. The van der Waals surface area contributed by atoms with E-state index in [1.807, 2.05) is 38.1 Å². The normalized spacial score (nSPS) is 15.1. The number of carboxylic acids is 1. The number of aryl methyl sites for hydroxylation is 1. The Bertz CT molecular complexity index is 1000. The topological polar surface area (TPSA) is 76.1 Å². The van der Waals surface area contributed by atoms with Crippen molar-refractivity contribution in [1.82, 2.24) is 0 Å². The van der Waals surface area contributed by atoms with Crippen molar-refractivity contribution in [1.29, 1.82) is 0 Å². The summed E-state index contributed by atoms with van der Waals surface area (Å²) in [6.07, 6.45) is 1.65. The van der Waals surface area contributed by atoms with E-state index in [0.29, 0.717) is 27.1 Å². The van der Waals surface area contributed by atoms with E-state index in [9.17, 15) is 9.59 Å². The second-order valence-corrected chi connectivity index (χ2v) is 7.77. The van der Waals surface area contributed by atoms with Crippen LogP contribution in [0.25, 0.3) is 6.08 Å². The Hall–Kier alpha value is -2.84. The molecule has 8 heteroatoms. The molecule has 1 aliphatic heterocycles. The Morgan fingerprint density at radius 3 is 2.66 bits per heavy atom. The molecule has 2 aromatic carbocycles. The van der Waals surface area contributed by atoms with Crippen molar-refractivity contribution in [2.24, 2.45) is 0 Å². The third kappa shape index (κ3) is 4.60. The number of carbonyl (C=O) groups excluding carboxylic acids is 1. The van der Waals surface area contributed by atoms with Crippen LogP contribution in [0.4, 0.5) is 5.69 Å². The van der Waals surface area contributed by atoms with Gasteiger partial charge in [0.2, 0.25) is 0 Å². The van der Waals surface area contributed by atoms with E-state index in [2.05, 4.69) is 0 Å². The Balaban J connectivity index is 1.99. The predicted octanol–water partition coefficient (Wildman–Crippen LogP) is 4.26. The van der Waals surface area contributed by atoms with Crippen LogP contribution in [0.15, 0.2) is 47.4 Å². The number of anilines is 1. The highest BCUT2D eigenvalue weighted by atomic mass is 32.2. The van der Waals surface area contributed by atoms with Crippen molar-refractivity contribution in [3.05, 3.63) is 58.5 Å². The molecule has 0 bridgehead atoms. The predicted molar refractivity (Wildman–Crippen MR) is 118 cm³/mol. The van der Waals surface area contributed by atoms with Crippen LogP contribution in [-0.4, -0.2) is 34.5 Å². The largest absolute Gasteiger partial charge is 0.490 e. The lowest BCUT2D eigenvalue weighted by molar-refractivity contribution is -0.139. The Morgan fingerprint density at radius 1 is 1.21 bits per heavy atom. The van der Waals surface area contributed by atoms with Crippen LogP contribution < -0.4 is 14.4 Å². The van der Waals surface area contributed by atoms with E-state index in [1.165, 1.54) is 16.7 Å². The summed E-state index contributed by atoms with van der Waals surface area (Å²) in [7, 11) is 0. The van der Waals surface area contributed by atoms with Crippen LogP contribution in [0.2, 0.25) is 0 Å². The number of nitrogens with zero attached hydrogens (tertiary/aromatic N) is 1. The van der Waals surface area contributed by atoms with Crippen LogP contribution in [0.1, 0.15) is 18.1 Å². The number of ether oxygens (including phenoxy) is 2. The zero-order chi connectivity index (χ0) is 21.0. The molecule has 29 heavy (non-hydrogen) atoms. The van der Waals surface area contributed by atoms with Crippen molar-refractivity contribution in [2.45, 2.75) is 13.8 Å². The highest BCUT2D eigenvalue weighted by Gasteiger charge is 2.34. The Kier molecular flexibility index (Phi) is 6.56. The molecule has 1 fully saturated rings. The molecular formula is C21H19NO5S2. The van der Waals surface area contributed by atoms with E-state index >= 15 is 0 Å². The van der Waals surface area contributed by atoms with Gasteiger partial charge in [0.1, 0.15) is 0 Å². The lowest BCUT2D eigenvalue weighted by atomic mass is 10.1. The van der Waals surface area contributed by atoms with Crippen molar-refractivity contribution < 1.29 is 24.2 Å². The number of thioether (sulfide) groups is 1. The number of carbonyl (C=O) groups is 2. The number of carboxylic acid groups (broad SMARTS) is 1. The van der Waals surface area contributed by atoms with Crippen LogP contribution in [0.5, 0.6) is 11.5 Å². The van der Waals surface area contributed by atoms with Gasteiger partial charge in [0.25, 0.3) is 5.91 Å². The van der Waals surface area contributed by atoms with Gasteiger partial charge in [0, 0.05) is 5.56 Å². The summed E-state index contributed by atoms with van der Waals surface area (Å²) >= 11 is 6.62. The highest BCUT2D eigenvalue weighted by molar-refractivity contribution is 8.27. The van der Waals surface area contributed by atoms with Gasteiger partial charge in [-0.05, 0) is 37.6 Å². The van der Waals surface area contributed by atoms with Gasteiger partial charge in [-0.3, -0.25) is 9.69 Å².